The van der Waals surface area contributed by atoms with E-state index in [9.17, 15) is 5.11 Å². The minimum absolute atomic E-state index is 0.140. The van der Waals surface area contributed by atoms with Crippen LogP contribution in [0.5, 0.6) is 17.2 Å². The smallest absolute Gasteiger partial charge is 0.169 e. The molecule has 0 aliphatic carbocycles. The van der Waals surface area contributed by atoms with Crippen LogP contribution in [-0.4, -0.2) is 5.11 Å². The Morgan fingerprint density at radius 2 is 1.65 bits per heavy atom. The van der Waals surface area contributed by atoms with Crippen LogP contribution in [0.2, 0.25) is 0 Å². The molecule has 2 nitrogen and oxygen atoms in total. The van der Waals surface area contributed by atoms with Crippen LogP contribution in [0, 0.1) is 0 Å². The van der Waals surface area contributed by atoms with E-state index in [0.29, 0.717) is 5.75 Å². The molecule has 1 N–H and O–H groups in total. The molecule has 0 aliphatic heterocycles. The SMILES string of the molecule is C=CCc1ccccc1Oc1ccccc1O. The molecule has 0 aromatic heterocycles. The third-order valence-corrected chi connectivity index (χ3v) is 2.42. The quantitative estimate of drug-likeness (QED) is 0.801. The van der Waals surface area contributed by atoms with E-state index >= 15 is 0 Å². The first-order chi connectivity index (χ1) is 8.31. The summed E-state index contributed by atoms with van der Waals surface area (Å²) < 4.78 is 5.70. The van der Waals surface area contributed by atoms with Gasteiger partial charge in [-0.25, -0.2) is 0 Å². The minimum Gasteiger partial charge on any atom is -0.504 e. The average molecular weight is 226 g/mol. The lowest BCUT2D eigenvalue weighted by Crippen LogP contribution is -1.90. The molecule has 2 aromatic carbocycles. The Hall–Kier alpha value is -2.22. The number of benzene rings is 2. The number of ether oxygens (including phenoxy) is 1. The van der Waals surface area contributed by atoms with Gasteiger partial charge in [0.15, 0.2) is 11.5 Å². The molecule has 0 aliphatic rings. The number of hydrogen-bond donors (Lipinski definition) is 1. The summed E-state index contributed by atoms with van der Waals surface area (Å²) in [5.74, 6) is 1.35. The van der Waals surface area contributed by atoms with Gasteiger partial charge in [-0.05, 0) is 30.2 Å². The normalized spacial score (nSPS) is 9.88. The molecule has 0 heterocycles. The van der Waals surface area contributed by atoms with Gasteiger partial charge in [0.25, 0.3) is 0 Å². The van der Waals surface area contributed by atoms with Gasteiger partial charge in [0.05, 0.1) is 0 Å². The maximum atomic E-state index is 9.65. The molecule has 17 heavy (non-hydrogen) atoms. The molecule has 2 heteroatoms. The summed E-state index contributed by atoms with van der Waals surface area (Å²) in [7, 11) is 0. The van der Waals surface area contributed by atoms with E-state index in [4.69, 9.17) is 4.74 Å². The number of aromatic hydroxyl groups is 1. The summed E-state index contributed by atoms with van der Waals surface area (Å²) in [5, 5.41) is 9.65. The van der Waals surface area contributed by atoms with Crippen LogP contribution >= 0.6 is 0 Å². The van der Waals surface area contributed by atoms with Crippen LogP contribution in [0.25, 0.3) is 0 Å². The van der Waals surface area contributed by atoms with Gasteiger partial charge in [0, 0.05) is 0 Å². The fourth-order valence-electron chi connectivity index (χ4n) is 1.59. The molecule has 0 radical (unpaired) electrons. The van der Waals surface area contributed by atoms with E-state index in [1.165, 1.54) is 0 Å². The number of allylic oxidation sites excluding steroid dienone is 1. The summed E-state index contributed by atoms with van der Waals surface area (Å²) >= 11 is 0. The van der Waals surface area contributed by atoms with Crippen LogP contribution in [0.1, 0.15) is 5.56 Å². The molecule has 0 spiro atoms. The van der Waals surface area contributed by atoms with Gasteiger partial charge in [0.1, 0.15) is 5.75 Å². The van der Waals surface area contributed by atoms with Crippen molar-refractivity contribution in [2.45, 2.75) is 6.42 Å². The monoisotopic (exact) mass is 226 g/mol. The molecule has 0 saturated heterocycles. The van der Waals surface area contributed by atoms with Crippen LogP contribution < -0.4 is 4.74 Å². The van der Waals surface area contributed by atoms with Crippen LogP contribution in [0.15, 0.2) is 61.2 Å². The first-order valence-corrected chi connectivity index (χ1v) is 5.46. The first kappa shape index (κ1) is 11.3. The topological polar surface area (TPSA) is 29.5 Å². The van der Waals surface area contributed by atoms with Crippen LogP contribution in [0.3, 0.4) is 0 Å². The van der Waals surface area contributed by atoms with Crippen molar-refractivity contribution in [2.75, 3.05) is 0 Å². The fourth-order valence-corrected chi connectivity index (χ4v) is 1.59. The highest BCUT2D eigenvalue weighted by Crippen LogP contribution is 2.31. The molecule has 0 atom stereocenters. The summed E-state index contributed by atoms with van der Waals surface area (Å²) in [6.45, 7) is 3.72. The minimum atomic E-state index is 0.140. The van der Waals surface area contributed by atoms with Crippen molar-refractivity contribution in [3.05, 3.63) is 66.7 Å². The Bertz CT molecular complexity index is 518. The van der Waals surface area contributed by atoms with Gasteiger partial charge in [-0.15, -0.1) is 6.58 Å². The van der Waals surface area contributed by atoms with E-state index in [1.54, 1.807) is 18.2 Å². The van der Waals surface area contributed by atoms with Gasteiger partial charge < -0.3 is 9.84 Å². The molecule has 0 fully saturated rings. The predicted octanol–water partition coefficient (Wildman–Crippen LogP) is 3.91. The van der Waals surface area contributed by atoms with Crippen molar-refractivity contribution in [3.63, 3.8) is 0 Å². The van der Waals surface area contributed by atoms with E-state index in [2.05, 4.69) is 6.58 Å². The second kappa shape index (κ2) is 5.21. The summed E-state index contributed by atoms with van der Waals surface area (Å²) in [4.78, 5) is 0. The Balaban J connectivity index is 2.30. The predicted molar refractivity (Wildman–Crippen MR) is 68.5 cm³/mol. The third-order valence-electron chi connectivity index (χ3n) is 2.42. The summed E-state index contributed by atoms with van der Waals surface area (Å²) in [6, 6.07) is 14.6. The van der Waals surface area contributed by atoms with Crippen LogP contribution in [-0.2, 0) is 6.42 Å². The van der Waals surface area contributed by atoms with Gasteiger partial charge in [-0.3, -0.25) is 0 Å². The second-order valence-electron chi connectivity index (χ2n) is 3.67. The molecular formula is C15H14O2. The zero-order chi connectivity index (χ0) is 12.1. The second-order valence-corrected chi connectivity index (χ2v) is 3.67. The number of phenols is 1. The van der Waals surface area contributed by atoms with Crippen LogP contribution in [0.4, 0.5) is 0 Å². The zero-order valence-electron chi connectivity index (χ0n) is 9.47. The third kappa shape index (κ3) is 2.67. The fraction of sp³-hybridized carbons (Fsp3) is 0.0667. The highest BCUT2D eigenvalue weighted by molar-refractivity contribution is 5.44. The Labute approximate surface area is 101 Å². The molecule has 0 bridgehead atoms. The van der Waals surface area contributed by atoms with Crippen molar-refractivity contribution in [1.82, 2.24) is 0 Å². The molecule has 86 valence electrons. The Morgan fingerprint density at radius 1 is 1.00 bits per heavy atom. The molecule has 0 amide bonds. The molecule has 2 aromatic rings. The Morgan fingerprint density at radius 3 is 2.35 bits per heavy atom. The van der Waals surface area contributed by atoms with Crippen molar-refractivity contribution < 1.29 is 9.84 Å². The maximum absolute atomic E-state index is 9.65. The molecule has 0 saturated carbocycles. The Kier molecular flexibility index (Phi) is 3.46. The largest absolute Gasteiger partial charge is 0.504 e. The van der Waals surface area contributed by atoms with Crippen molar-refractivity contribution in [3.8, 4) is 17.2 Å². The average Bonchev–Trinajstić information content (AvgIpc) is 2.35. The zero-order valence-corrected chi connectivity index (χ0v) is 9.47. The lowest BCUT2D eigenvalue weighted by Gasteiger charge is -2.10. The highest BCUT2D eigenvalue weighted by atomic mass is 16.5. The number of rotatable bonds is 4. The van der Waals surface area contributed by atoms with Crippen molar-refractivity contribution >= 4 is 0 Å². The molecule has 0 unspecified atom stereocenters. The van der Waals surface area contributed by atoms with Gasteiger partial charge >= 0.3 is 0 Å². The first-order valence-electron chi connectivity index (χ1n) is 5.46. The highest BCUT2D eigenvalue weighted by Gasteiger charge is 2.05. The molecular weight excluding hydrogens is 212 g/mol. The van der Waals surface area contributed by atoms with E-state index < -0.39 is 0 Å². The number of hydrogen-bond acceptors (Lipinski definition) is 2. The van der Waals surface area contributed by atoms with Gasteiger partial charge in [-0.2, -0.15) is 0 Å². The van der Waals surface area contributed by atoms with Crippen molar-refractivity contribution in [2.24, 2.45) is 0 Å². The number of phenolic OH excluding ortho intramolecular Hbond substituents is 1. The maximum Gasteiger partial charge on any atom is 0.169 e. The van der Waals surface area contributed by atoms with Gasteiger partial charge in [0.2, 0.25) is 0 Å². The van der Waals surface area contributed by atoms with E-state index in [1.807, 2.05) is 36.4 Å². The summed E-state index contributed by atoms with van der Waals surface area (Å²) in [6.07, 6.45) is 2.57. The van der Waals surface area contributed by atoms with E-state index in [0.717, 1.165) is 17.7 Å². The lowest BCUT2D eigenvalue weighted by molar-refractivity contribution is 0.409. The van der Waals surface area contributed by atoms with Gasteiger partial charge in [-0.1, -0.05) is 36.4 Å². The molecule has 2 rings (SSSR count). The lowest BCUT2D eigenvalue weighted by atomic mass is 10.1. The standard InChI is InChI=1S/C15H14O2/c1-2-7-12-8-3-5-10-14(12)17-15-11-6-4-9-13(15)16/h2-6,8-11,16H,1,7H2. The summed E-state index contributed by atoms with van der Waals surface area (Å²) in [5.41, 5.74) is 1.05. The van der Waals surface area contributed by atoms with Crippen molar-refractivity contribution in [1.29, 1.82) is 0 Å². The number of para-hydroxylation sites is 3. The van der Waals surface area contributed by atoms with E-state index in [-0.39, 0.29) is 5.75 Å².